The first-order valence-corrected chi connectivity index (χ1v) is 7.74. The summed E-state index contributed by atoms with van der Waals surface area (Å²) in [6.07, 6.45) is 3.10. The fourth-order valence-electron chi connectivity index (χ4n) is 2.99. The van der Waals surface area contributed by atoms with E-state index in [-0.39, 0.29) is 23.7 Å². The van der Waals surface area contributed by atoms with E-state index in [2.05, 4.69) is 0 Å². The molecule has 1 aliphatic rings. The van der Waals surface area contributed by atoms with Gasteiger partial charge in [-0.2, -0.15) is 0 Å². The normalized spacial score (nSPS) is 15.9. The monoisotopic (exact) mass is 297 g/mol. The quantitative estimate of drug-likeness (QED) is 0.829. The molecule has 1 fully saturated rings. The Labute approximate surface area is 130 Å². The average molecular weight is 297 g/mol. The predicted molar refractivity (Wildman–Crippen MR) is 84.8 cm³/mol. The molecule has 0 aromatic heterocycles. The fraction of sp³-hybridized carbons (Fsp3) is 0.316. The third kappa shape index (κ3) is 2.89. The second-order valence-electron chi connectivity index (χ2n) is 5.94. The standard InChI is InChI=1S/C19H20FNO/c1-21(19(22)16-8-5-9-16)18(14-6-3-2-4-7-14)15-10-12-17(20)13-11-15/h2-4,6-7,10-13,16,18H,5,8-9H2,1H3. The number of carbonyl (C=O) groups is 1. The van der Waals surface area contributed by atoms with Gasteiger partial charge in [0.25, 0.3) is 0 Å². The van der Waals surface area contributed by atoms with E-state index in [1.165, 1.54) is 12.1 Å². The Bertz CT molecular complexity index is 634. The Balaban J connectivity index is 1.95. The molecule has 22 heavy (non-hydrogen) atoms. The molecule has 0 bridgehead atoms. The highest BCUT2D eigenvalue weighted by Gasteiger charge is 2.32. The zero-order valence-corrected chi connectivity index (χ0v) is 12.7. The predicted octanol–water partition coefficient (Wildman–Crippen LogP) is 4.17. The van der Waals surface area contributed by atoms with Crippen molar-refractivity contribution in [1.29, 1.82) is 0 Å². The molecule has 0 saturated heterocycles. The Morgan fingerprint density at radius 3 is 2.18 bits per heavy atom. The van der Waals surface area contributed by atoms with E-state index in [0.717, 1.165) is 30.4 Å². The largest absolute Gasteiger partial charge is 0.334 e. The molecule has 0 N–H and O–H groups in total. The first-order valence-electron chi connectivity index (χ1n) is 7.74. The number of rotatable bonds is 4. The number of hydrogen-bond acceptors (Lipinski definition) is 1. The second-order valence-corrected chi connectivity index (χ2v) is 5.94. The van der Waals surface area contributed by atoms with Crippen molar-refractivity contribution >= 4 is 5.91 Å². The summed E-state index contributed by atoms with van der Waals surface area (Å²) in [6, 6.07) is 16.2. The number of benzene rings is 2. The number of hydrogen-bond donors (Lipinski definition) is 0. The van der Waals surface area contributed by atoms with Crippen LogP contribution in [-0.2, 0) is 4.79 Å². The Hall–Kier alpha value is -2.16. The van der Waals surface area contributed by atoms with Crippen LogP contribution >= 0.6 is 0 Å². The topological polar surface area (TPSA) is 20.3 Å². The summed E-state index contributed by atoms with van der Waals surface area (Å²) in [5, 5.41) is 0. The van der Waals surface area contributed by atoms with Crippen molar-refractivity contribution in [3.63, 3.8) is 0 Å². The van der Waals surface area contributed by atoms with Gasteiger partial charge in [0, 0.05) is 13.0 Å². The van der Waals surface area contributed by atoms with Crippen LogP contribution in [0.2, 0.25) is 0 Å². The molecule has 0 heterocycles. The van der Waals surface area contributed by atoms with Crippen molar-refractivity contribution in [3.8, 4) is 0 Å². The molecule has 1 atom stereocenters. The van der Waals surface area contributed by atoms with E-state index in [1.54, 1.807) is 12.1 Å². The van der Waals surface area contributed by atoms with E-state index in [9.17, 15) is 9.18 Å². The molecule has 1 unspecified atom stereocenters. The van der Waals surface area contributed by atoms with Gasteiger partial charge in [0.15, 0.2) is 0 Å². The molecule has 3 heteroatoms. The van der Waals surface area contributed by atoms with Crippen LogP contribution < -0.4 is 0 Å². The van der Waals surface area contributed by atoms with Gasteiger partial charge in [-0.3, -0.25) is 4.79 Å². The van der Waals surface area contributed by atoms with Crippen LogP contribution in [0.4, 0.5) is 4.39 Å². The minimum Gasteiger partial charge on any atom is -0.334 e. The zero-order chi connectivity index (χ0) is 15.5. The molecule has 114 valence electrons. The number of nitrogens with zero attached hydrogens (tertiary/aromatic N) is 1. The summed E-state index contributed by atoms with van der Waals surface area (Å²) in [7, 11) is 1.85. The average Bonchev–Trinajstić information content (AvgIpc) is 2.48. The molecular formula is C19H20FNO. The lowest BCUT2D eigenvalue weighted by Gasteiger charge is -2.35. The minimum atomic E-state index is -0.261. The van der Waals surface area contributed by atoms with Gasteiger partial charge in [-0.15, -0.1) is 0 Å². The summed E-state index contributed by atoms with van der Waals surface area (Å²) in [6.45, 7) is 0. The van der Waals surface area contributed by atoms with Crippen LogP contribution in [-0.4, -0.2) is 17.9 Å². The third-order valence-corrected chi connectivity index (χ3v) is 4.49. The van der Waals surface area contributed by atoms with Crippen molar-refractivity contribution in [3.05, 3.63) is 71.5 Å². The highest BCUT2D eigenvalue weighted by Crippen LogP contribution is 2.33. The van der Waals surface area contributed by atoms with Gasteiger partial charge in [0.2, 0.25) is 5.91 Å². The number of amides is 1. The van der Waals surface area contributed by atoms with Crippen LogP contribution in [0.3, 0.4) is 0 Å². The summed E-state index contributed by atoms with van der Waals surface area (Å²) >= 11 is 0. The van der Waals surface area contributed by atoms with Crippen LogP contribution in [0.5, 0.6) is 0 Å². The van der Waals surface area contributed by atoms with Crippen LogP contribution in [0.1, 0.15) is 36.4 Å². The second kappa shape index (κ2) is 6.30. The molecule has 2 aromatic carbocycles. The zero-order valence-electron chi connectivity index (χ0n) is 12.7. The van der Waals surface area contributed by atoms with Gasteiger partial charge in [0.1, 0.15) is 5.82 Å². The fourth-order valence-corrected chi connectivity index (χ4v) is 2.99. The Kier molecular flexibility index (Phi) is 4.23. The SMILES string of the molecule is CN(C(=O)C1CCC1)C(c1ccccc1)c1ccc(F)cc1. The molecule has 3 rings (SSSR count). The van der Waals surface area contributed by atoms with Gasteiger partial charge in [-0.05, 0) is 36.1 Å². The summed E-state index contributed by atoms with van der Waals surface area (Å²) in [5.74, 6) is 0.0737. The maximum Gasteiger partial charge on any atom is 0.226 e. The van der Waals surface area contributed by atoms with Crippen LogP contribution in [0, 0.1) is 11.7 Å². The molecule has 2 nitrogen and oxygen atoms in total. The van der Waals surface area contributed by atoms with Crippen molar-refractivity contribution in [2.24, 2.45) is 5.92 Å². The lowest BCUT2D eigenvalue weighted by molar-refractivity contribution is -0.138. The molecule has 1 aliphatic carbocycles. The maximum atomic E-state index is 13.2. The molecule has 1 saturated carbocycles. The number of halogens is 1. The molecule has 1 amide bonds. The summed E-state index contributed by atoms with van der Waals surface area (Å²) in [4.78, 5) is 14.4. The van der Waals surface area contributed by atoms with E-state index in [4.69, 9.17) is 0 Å². The van der Waals surface area contributed by atoms with E-state index in [1.807, 2.05) is 42.3 Å². The molecule has 0 spiro atoms. The highest BCUT2D eigenvalue weighted by molar-refractivity contribution is 5.80. The van der Waals surface area contributed by atoms with Crippen LogP contribution in [0.25, 0.3) is 0 Å². The Morgan fingerprint density at radius 1 is 1.05 bits per heavy atom. The van der Waals surface area contributed by atoms with Gasteiger partial charge < -0.3 is 4.90 Å². The van der Waals surface area contributed by atoms with Crippen molar-refractivity contribution in [2.45, 2.75) is 25.3 Å². The lowest BCUT2D eigenvalue weighted by Crippen LogP contribution is -2.39. The smallest absolute Gasteiger partial charge is 0.226 e. The number of carbonyl (C=O) groups excluding carboxylic acids is 1. The van der Waals surface area contributed by atoms with E-state index >= 15 is 0 Å². The van der Waals surface area contributed by atoms with Gasteiger partial charge in [0.05, 0.1) is 6.04 Å². The van der Waals surface area contributed by atoms with E-state index < -0.39 is 0 Å². The van der Waals surface area contributed by atoms with Crippen LogP contribution in [0.15, 0.2) is 54.6 Å². The molecule has 2 aromatic rings. The lowest BCUT2D eigenvalue weighted by atomic mass is 9.83. The maximum absolute atomic E-state index is 13.2. The molecule has 0 radical (unpaired) electrons. The van der Waals surface area contributed by atoms with E-state index in [0.29, 0.717) is 0 Å². The molecule has 0 aliphatic heterocycles. The van der Waals surface area contributed by atoms with Crippen molar-refractivity contribution in [2.75, 3.05) is 7.05 Å². The van der Waals surface area contributed by atoms with Gasteiger partial charge in [-0.25, -0.2) is 4.39 Å². The minimum absolute atomic E-state index is 0.150. The summed E-state index contributed by atoms with van der Waals surface area (Å²) in [5.41, 5.74) is 1.98. The Morgan fingerprint density at radius 2 is 1.64 bits per heavy atom. The molecular weight excluding hydrogens is 277 g/mol. The third-order valence-electron chi connectivity index (χ3n) is 4.49. The first kappa shape index (κ1) is 14.8. The van der Waals surface area contributed by atoms with Crippen molar-refractivity contribution in [1.82, 2.24) is 4.90 Å². The van der Waals surface area contributed by atoms with Crippen molar-refractivity contribution < 1.29 is 9.18 Å². The highest BCUT2D eigenvalue weighted by atomic mass is 19.1. The first-order chi connectivity index (χ1) is 10.7. The summed E-state index contributed by atoms with van der Waals surface area (Å²) < 4.78 is 13.2. The van der Waals surface area contributed by atoms with Gasteiger partial charge >= 0.3 is 0 Å². The van der Waals surface area contributed by atoms with Gasteiger partial charge in [-0.1, -0.05) is 48.9 Å².